The summed E-state index contributed by atoms with van der Waals surface area (Å²) in [6.07, 6.45) is 46.0. The minimum atomic E-state index is 0.774. The summed E-state index contributed by atoms with van der Waals surface area (Å²) in [4.78, 5) is 0. The van der Waals surface area contributed by atoms with Crippen LogP contribution < -0.4 is 5.32 Å². The van der Waals surface area contributed by atoms with E-state index >= 15 is 0 Å². The topological polar surface area (TPSA) is 12.0 Å². The summed E-state index contributed by atoms with van der Waals surface area (Å²) in [5, 5.41) is 4.30. The molecule has 1 N–H and O–H groups in total. The molecule has 0 amide bonds. The Balaban J connectivity index is 4.63. The third kappa shape index (κ3) is 30.7. The maximum Gasteiger partial charge on any atom is 0.00696 e. The summed E-state index contributed by atoms with van der Waals surface area (Å²) >= 11 is 0. The van der Waals surface area contributed by atoms with Crippen LogP contribution >= 0.6 is 0 Å². The van der Waals surface area contributed by atoms with Crippen LogP contribution in [0.15, 0.2) is 0 Å². The van der Waals surface area contributed by atoms with Gasteiger partial charge in [-0.05, 0) is 25.7 Å². The molecular weight excluding hydrogens is 470 g/mol. The second-order valence-electron chi connectivity index (χ2n) is 13.2. The van der Waals surface area contributed by atoms with Crippen LogP contribution in [0.4, 0.5) is 0 Å². The Bertz CT molecular complexity index is 345. The number of rotatable bonds is 34. The molecule has 0 aliphatic rings. The van der Waals surface area contributed by atoms with Gasteiger partial charge in [-0.25, -0.2) is 0 Å². The number of hydrogen-bond donors (Lipinski definition) is 1. The summed E-state index contributed by atoms with van der Waals surface area (Å²) < 4.78 is 0. The SMILES string of the molecule is CCCCCCCCCC(CCCCCCCCC)NC(CCCCCCCCC)CCCCCCCCC. The lowest BCUT2D eigenvalue weighted by molar-refractivity contribution is 0.329. The van der Waals surface area contributed by atoms with Crippen molar-refractivity contribution in [2.45, 2.75) is 245 Å². The Hall–Kier alpha value is -0.0400. The molecule has 0 aromatic rings. The maximum atomic E-state index is 4.30. The first-order valence-corrected chi connectivity index (χ1v) is 19.0. The van der Waals surface area contributed by atoms with Gasteiger partial charge >= 0.3 is 0 Å². The smallest absolute Gasteiger partial charge is 0.00696 e. The van der Waals surface area contributed by atoms with E-state index < -0.39 is 0 Å². The van der Waals surface area contributed by atoms with E-state index in [9.17, 15) is 0 Å². The van der Waals surface area contributed by atoms with E-state index in [4.69, 9.17) is 0 Å². The predicted octanol–water partition coefficient (Wildman–Crippen LogP) is 13.9. The van der Waals surface area contributed by atoms with Gasteiger partial charge in [0.05, 0.1) is 0 Å². The zero-order valence-corrected chi connectivity index (χ0v) is 28.3. The molecule has 236 valence electrons. The summed E-state index contributed by atoms with van der Waals surface area (Å²) in [6.45, 7) is 9.32. The number of hydrogen-bond acceptors (Lipinski definition) is 1. The largest absolute Gasteiger partial charge is 0.311 e. The molecule has 0 saturated carbocycles. The van der Waals surface area contributed by atoms with Crippen molar-refractivity contribution in [1.29, 1.82) is 0 Å². The van der Waals surface area contributed by atoms with Gasteiger partial charge in [0.25, 0.3) is 0 Å². The highest BCUT2D eigenvalue weighted by Gasteiger charge is 2.15. The molecule has 0 rings (SSSR count). The van der Waals surface area contributed by atoms with Gasteiger partial charge in [-0.1, -0.05) is 207 Å². The first-order chi connectivity index (χ1) is 19.3. The average molecular weight is 550 g/mol. The number of nitrogens with one attached hydrogen (secondary N) is 1. The van der Waals surface area contributed by atoms with E-state index in [1.165, 1.54) is 205 Å². The Morgan fingerprint density at radius 3 is 0.641 bits per heavy atom. The van der Waals surface area contributed by atoms with E-state index in [0.29, 0.717) is 0 Å². The van der Waals surface area contributed by atoms with Crippen molar-refractivity contribution >= 4 is 0 Å². The van der Waals surface area contributed by atoms with Gasteiger partial charge < -0.3 is 5.32 Å². The van der Waals surface area contributed by atoms with Crippen LogP contribution in [0.25, 0.3) is 0 Å². The standard InChI is InChI=1S/C38H79N/c1-5-9-13-17-21-25-29-33-37(34-30-26-22-18-14-10-6-2)39-38(35-31-27-23-19-15-11-7-3)36-32-28-24-20-16-12-8-4/h37-39H,5-36H2,1-4H3. The summed E-state index contributed by atoms with van der Waals surface area (Å²) in [5.41, 5.74) is 0. The van der Waals surface area contributed by atoms with Crippen LogP contribution in [0.5, 0.6) is 0 Å². The Labute approximate surface area is 250 Å². The molecule has 0 aromatic carbocycles. The van der Waals surface area contributed by atoms with Crippen LogP contribution in [0, 0.1) is 0 Å². The lowest BCUT2D eigenvalue weighted by Crippen LogP contribution is -2.38. The minimum Gasteiger partial charge on any atom is -0.311 e. The second kappa shape index (κ2) is 34.2. The molecule has 0 heterocycles. The van der Waals surface area contributed by atoms with Gasteiger partial charge in [0.2, 0.25) is 0 Å². The van der Waals surface area contributed by atoms with Gasteiger partial charge in [0.15, 0.2) is 0 Å². The van der Waals surface area contributed by atoms with Crippen molar-refractivity contribution in [1.82, 2.24) is 5.32 Å². The van der Waals surface area contributed by atoms with Crippen LogP contribution in [0.1, 0.15) is 233 Å². The third-order valence-electron chi connectivity index (χ3n) is 9.10. The lowest BCUT2D eigenvalue weighted by atomic mass is 9.95. The van der Waals surface area contributed by atoms with Crippen LogP contribution in [0.2, 0.25) is 0 Å². The molecule has 1 nitrogen and oxygen atoms in total. The summed E-state index contributed by atoms with van der Waals surface area (Å²) in [7, 11) is 0. The van der Waals surface area contributed by atoms with E-state index in [0.717, 1.165) is 12.1 Å². The molecule has 0 unspecified atom stereocenters. The van der Waals surface area contributed by atoms with E-state index in [-0.39, 0.29) is 0 Å². The molecule has 0 bridgehead atoms. The highest BCUT2D eigenvalue weighted by molar-refractivity contribution is 4.76. The molecule has 0 aromatic heterocycles. The molecule has 0 radical (unpaired) electrons. The van der Waals surface area contributed by atoms with Gasteiger partial charge in [-0.15, -0.1) is 0 Å². The van der Waals surface area contributed by atoms with Crippen LogP contribution in [0.3, 0.4) is 0 Å². The van der Waals surface area contributed by atoms with Crippen molar-refractivity contribution in [3.05, 3.63) is 0 Å². The van der Waals surface area contributed by atoms with Crippen molar-refractivity contribution < 1.29 is 0 Å². The van der Waals surface area contributed by atoms with Crippen LogP contribution in [-0.4, -0.2) is 12.1 Å². The quantitative estimate of drug-likeness (QED) is 0.0787. The number of unbranched alkanes of at least 4 members (excludes halogenated alkanes) is 24. The summed E-state index contributed by atoms with van der Waals surface area (Å²) in [6, 6.07) is 1.55. The third-order valence-corrected chi connectivity index (χ3v) is 9.10. The Morgan fingerprint density at radius 2 is 0.436 bits per heavy atom. The first kappa shape index (κ1) is 39.0. The fraction of sp³-hybridized carbons (Fsp3) is 1.00. The average Bonchev–Trinajstić information content (AvgIpc) is 2.94. The van der Waals surface area contributed by atoms with E-state index in [1.807, 2.05) is 0 Å². The molecule has 0 atom stereocenters. The Morgan fingerprint density at radius 1 is 0.256 bits per heavy atom. The zero-order chi connectivity index (χ0) is 28.5. The van der Waals surface area contributed by atoms with E-state index in [2.05, 4.69) is 33.0 Å². The van der Waals surface area contributed by atoms with E-state index in [1.54, 1.807) is 0 Å². The highest BCUT2D eigenvalue weighted by atomic mass is 14.9. The van der Waals surface area contributed by atoms with Gasteiger partial charge in [-0.2, -0.15) is 0 Å². The second-order valence-corrected chi connectivity index (χ2v) is 13.2. The first-order valence-electron chi connectivity index (χ1n) is 19.0. The fourth-order valence-corrected chi connectivity index (χ4v) is 6.35. The van der Waals surface area contributed by atoms with Crippen molar-refractivity contribution in [2.75, 3.05) is 0 Å². The lowest BCUT2D eigenvalue weighted by Gasteiger charge is -2.27. The minimum absolute atomic E-state index is 0.774. The van der Waals surface area contributed by atoms with Crippen LogP contribution in [-0.2, 0) is 0 Å². The molecule has 1 heteroatoms. The molecule has 0 aliphatic heterocycles. The van der Waals surface area contributed by atoms with Gasteiger partial charge in [0.1, 0.15) is 0 Å². The molecule has 39 heavy (non-hydrogen) atoms. The molecule has 0 aliphatic carbocycles. The van der Waals surface area contributed by atoms with Gasteiger partial charge in [-0.3, -0.25) is 0 Å². The monoisotopic (exact) mass is 550 g/mol. The zero-order valence-electron chi connectivity index (χ0n) is 28.3. The normalized spacial score (nSPS) is 11.8. The maximum absolute atomic E-state index is 4.30. The molecule has 0 fully saturated rings. The van der Waals surface area contributed by atoms with Gasteiger partial charge in [0, 0.05) is 12.1 Å². The molecule has 0 saturated heterocycles. The highest BCUT2D eigenvalue weighted by Crippen LogP contribution is 2.20. The molecular formula is C38H79N. The fourth-order valence-electron chi connectivity index (χ4n) is 6.35. The summed E-state index contributed by atoms with van der Waals surface area (Å²) in [5.74, 6) is 0. The predicted molar refractivity (Wildman–Crippen MR) is 181 cm³/mol. The van der Waals surface area contributed by atoms with Crippen molar-refractivity contribution in [2.24, 2.45) is 0 Å². The van der Waals surface area contributed by atoms with Crippen molar-refractivity contribution in [3.8, 4) is 0 Å². The Kier molecular flexibility index (Phi) is 34.1. The van der Waals surface area contributed by atoms with Crippen molar-refractivity contribution in [3.63, 3.8) is 0 Å². The molecule has 0 spiro atoms.